The monoisotopic (exact) mass is 398 g/mol. The van der Waals surface area contributed by atoms with Crippen molar-refractivity contribution in [1.29, 1.82) is 0 Å². The molecule has 29 heavy (non-hydrogen) atoms. The molecule has 1 aromatic carbocycles. The molecule has 152 valence electrons. The topological polar surface area (TPSA) is 102 Å². The van der Waals surface area contributed by atoms with Crippen LogP contribution in [0, 0.1) is 0 Å². The predicted molar refractivity (Wildman–Crippen MR) is 104 cm³/mol. The molecule has 0 aliphatic carbocycles. The van der Waals surface area contributed by atoms with E-state index in [4.69, 9.17) is 14.2 Å². The van der Waals surface area contributed by atoms with Crippen LogP contribution in [0.5, 0.6) is 11.5 Å². The van der Waals surface area contributed by atoms with E-state index in [1.807, 2.05) is 0 Å². The van der Waals surface area contributed by atoms with Crippen LogP contribution < -0.4 is 20.1 Å². The fraction of sp³-hybridized carbons (Fsp3) is 0.350. The number of carbonyl (C=O) groups excluding carboxylic acids is 2. The summed E-state index contributed by atoms with van der Waals surface area (Å²) in [7, 11) is 0. The second kappa shape index (κ2) is 8.89. The lowest BCUT2D eigenvalue weighted by Crippen LogP contribution is -2.41. The van der Waals surface area contributed by atoms with E-state index in [2.05, 4.69) is 20.5 Å². The third-order valence-corrected chi connectivity index (χ3v) is 4.71. The zero-order valence-electron chi connectivity index (χ0n) is 15.8. The Bertz CT molecular complexity index is 898. The second-order valence-electron chi connectivity index (χ2n) is 6.69. The first-order valence-electron chi connectivity index (χ1n) is 9.43. The molecule has 2 aromatic rings. The third-order valence-electron chi connectivity index (χ3n) is 4.71. The fourth-order valence-corrected chi connectivity index (χ4v) is 3.12. The highest BCUT2D eigenvalue weighted by atomic mass is 16.7. The molecule has 2 aliphatic heterocycles. The molecular formula is C20H22N4O5. The summed E-state index contributed by atoms with van der Waals surface area (Å²) in [6.45, 7) is 4.62. The maximum Gasteiger partial charge on any atom is 0.257 e. The number of carbonyl (C=O) groups is 2. The van der Waals surface area contributed by atoms with Gasteiger partial charge < -0.3 is 24.8 Å². The number of hydrogen-bond acceptors (Lipinski definition) is 7. The summed E-state index contributed by atoms with van der Waals surface area (Å²) in [4.78, 5) is 31.2. The Balaban J connectivity index is 1.33. The summed E-state index contributed by atoms with van der Waals surface area (Å²) in [5, 5.41) is 5.64. The molecule has 1 saturated heterocycles. The number of rotatable bonds is 6. The maximum absolute atomic E-state index is 12.5. The van der Waals surface area contributed by atoms with Gasteiger partial charge in [-0.05, 0) is 18.2 Å². The Morgan fingerprint density at radius 1 is 1.00 bits per heavy atom. The Labute approximate surface area is 168 Å². The van der Waals surface area contributed by atoms with Crippen molar-refractivity contribution in [3.63, 3.8) is 0 Å². The lowest BCUT2D eigenvalue weighted by Gasteiger charge is -2.26. The number of pyridine rings is 1. The van der Waals surface area contributed by atoms with Gasteiger partial charge >= 0.3 is 0 Å². The number of aromatic nitrogens is 1. The fourth-order valence-electron chi connectivity index (χ4n) is 3.12. The summed E-state index contributed by atoms with van der Waals surface area (Å²) in [5.41, 5.74) is 1.20. The number of hydrogen-bond donors (Lipinski definition) is 2. The van der Waals surface area contributed by atoms with Crippen LogP contribution in [0.2, 0.25) is 0 Å². The Morgan fingerprint density at radius 2 is 1.76 bits per heavy atom. The van der Waals surface area contributed by atoms with Crippen molar-refractivity contribution < 1.29 is 23.8 Å². The van der Waals surface area contributed by atoms with Crippen molar-refractivity contribution >= 4 is 17.5 Å². The number of nitrogens with zero attached hydrogens (tertiary/aromatic N) is 2. The molecule has 0 spiro atoms. The van der Waals surface area contributed by atoms with Crippen LogP contribution in [0.15, 0.2) is 36.7 Å². The molecule has 1 fully saturated rings. The molecule has 2 N–H and O–H groups in total. The average Bonchev–Trinajstić information content (AvgIpc) is 3.22. The van der Waals surface area contributed by atoms with Crippen molar-refractivity contribution in [3.8, 4) is 11.5 Å². The van der Waals surface area contributed by atoms with Gasteiger partial charge in [-0.1, -0.05) is 0 Å². The molecule has 3 heterocycles. The summed E-state index contributed by atoms with van der Waals surface area (Å²) in [5.74, 6) is 0.595. The molecule has 0 unspecified atom stereocenters. The van der Waals surface area contributed by atoms with Gasteiger partial charge in [0, 0.05) is 50.3 Å². The van der Waals surface area contributed by atoms with Gasteiger partial charge in [0.15, 0.2) is 11.5 Å². The van der Waals surface area contributed by atoms with Crippen LogP contribution in [-0.4, -0.2) is 67.9 Å². The zero-order chi connectivity index (χ0) is 20.1. The van der Waals surface area contributed by atoms with Crippen LogP contribution in [0.4, 0.5) is 5.69 Å². The van der Waals surface area contributed by atoms with E-state index in [-0.39, 0.29) is 18.6 Å². The molecule has 9 nitrogen and oxygen atoms in total. The van der Waals surface area contributed by atoms with Crippen LogP contribution >= 0.6 is 0 Å². The van der Waals surface area contributed by atoms with Gasteiger partial charge in [-0.2, -0.15) is 0 Å². The van der Waals surface area contributed by atoms with Gasteiger partial charge in [0.25, 0.3) is 11.8 Å². The summed E-state index contributed by atoms with van der Waals surface area (Å²) >= 11 is 0. The molecule has 0 saturated carbocycles. The molecule has 4 rings (SSSR count). The Morgan fingerprint density at radius 3 is 2.59 bits per heavy atom. The lowest BCUT2D eigenvalue weighted by atomic mass is 10.1. The van der Waals surface area contributed by atoms with Gasteiger partial charge in [-0.3, -0.25) is 19.5 Å². The number of benzene rings is 1. The summed E-state index contributed by atoms with van der Waals surface area (Å²) in [6, 6.07) is 6.67. The van der Waals surface area contributed by atoms with Crippen LogP contribution in [0.25, 0.3) is 0 Å². The van der Waals surface area contributed by atoms with Gasteiger partial charge in [0.1, 0.15) is 0 Å². The largest absolute Gasteiger partial charge is 0.454 e. The van der Waals surface area contributed by atoms with Gasteiger partial charge in [-0.15, -0.1) is 0 Å². The van der Waals surface area contributed by atoms with Crippen molar-refractivity contribution in [2.75, 3.05) is 51.5 Å². The molecular weight excluding hydrogens is 376 g/mol. The Kier molecular flexibility index (Phi) is 5.87. The lowest BCUT2D eigenvalue weighted by molar-refractivity contribution is 0.0383. The summed E-state index contributed by atoms with van der Waals surface area (Å²) in [6.07, 6.45) is 2.87. The van der Waals surface area contributed by atoms with Crippen molar-refractivity contribution in [2.45, 2.75) is 0 Å². The van der Waals surface area contributed by atoms with Crippen molar-refractivity contribution in [3.05, 3.63) is 47.8 Å². The minimum atomic E-state index is -0.362. The van der Waals surface area contributed by atoms with E-state index in [1.165, 1.54) is 18.5 Å². The maximum atomic E-state index is 12.5. The second-order valence-corrected chi connectivity index (χ2v) is 6.69. The predicted octanol–water partition coefficient (Wildman–Crippen LogP) is 1.12. The minimum Gasteiger partial charge on any atom is -0.454 e. The molecule has 2 aliphatic rings. The smallest absolute Gasteiger partial charge is 0.257 e. The molecule has 9 heteroatoms. The van der Waals surface area contributed by atoms with Crippen molar-refractivity contribution in [1.82, 2.24) is 15.2 Å². The van der Waals surface area contributed by atoms with E-state index in [1.54, 1.807) is 18.2 Å². The van der Waals surface area contributed by atoms with Gasteiger partial charge in [0.2, 0.25) is 6.79 Å². The highest BCUT2D eigenvalue weighted by Crippen LogP contribution is 2.34. The Hall–Kier alpha value is -3.17. The minimum absolute atomic E-state index is 0.166. The van der Waals surface area contributed by atoms with Crippen LogP contribution in [0.3, 0.4) is 0 Å². The van der Waals surface area contributed by atoms with Crippen molar-refractivity contribution in [2.24, 2.45) is 0 Å². The highest BCUT2D eigenvalue weighted by molar-refractivity contribution is 6.06. The standard InChI is InChI=1S/C20H22N4O5/c25-19(22-3-4-24-5-7-27-8-6-24)14-9-15(12-21-11-14)20(26)23-16-1-2-17-18(10-16)29-13-28-17/h1-2,9-12H,3-8,13H2,(H,22,25)(H,23,26). The number of morpholine rings is 1. The number of amides is 2. The van der Waals surface area contributed by atoms with E-state index < -0.39 is 0 Å². The molecule has 2 amide bonds. The first kappa shape index (κ1) is 19.2. The highest BCUT2D eigenvalue weighted by Gasteiger charge is 2.16. The molecule has 0 radical (unpaired) electrons. The quantitative estimate of drug-likeness (QED) is 0.752. The number of anilines is 1. The first-order valence-corrected chi connectivity index (χ1v) is 9.43. The first-order chi connectivity index (χ1) is 14.2. The molecule has 0 atom stereocenters. The molecule has 0 bridgehead atoms. The normalized spacial score (nSPS) is 15.7. The summed E-state index contributed by atoms with van der Waals surface area (Å²) < 4.78 is 15.9. The molecule has 1 aromatic heterocycles. The van der Waals surface area contributed by atoms with E-state index in [0.717, 1.165) is 32.8 Å². The van der Waals surface area contributed by atoms with Crippen LogP contribution in [0.1, 0.15) is 20.7 Å². The SMILES string of the molecule is O=C(NCCN1CCOCC1)c1cncc(C(=O)Nc2ccc3c(c2)OCO3)c1. The third kappa shape index (κ3) is 4.82. The van der Waals surface area contributed by atoms with E-state index in [0.29, 0.717) is 34.9 Å². The zero-order valence-corrected chi connectivity index (χ0v) is 15.8. The number of ether oxygens (including phenoxy) is 3. The average molecular weight is 398 g/mol. The van der Waals surface area contributed by atoms with Gasteiger partial charge in [-0.25, -0.2) is 0 Å². The van der Waals surface area contributed by atoms with E-state index >= 15 is 0 Å². The van der Waals surface area contributed by atoms with E-state index in [9.17, 15) is 9.59 Å². The number of fused-ring (bicyclic) bond motifs is 1. The van der Waals surface area contributed by atoms with Crippen LogP contribution in [-0.2, 0) is 4.74 Å². The number of nitrogens with one attached hydrogen (secondary N) is 2. The van der Waals surface area contributed by atoms with Gasteiger partial charge in [0.05, 0.1) is 24.3 Å².